The maximum absolute atomic E-state index is 14.2. The number of likely N-dealkylation sites (tertiary alicyclic amines) is 1. The van der Waals surface area contributed by atoms with E-state index in [1.165, 1.54) is 10.5 Å². The number of hydrogen-bond acceptors (Lipinski definition) is 6. The summed E-state index contributed by atoms with van der Waals surface area (Å²) in [5, 5.41) is 12.0. The number of anilines is 1. The van der Waals surface area contributed by atoms with Crippen molar-refractivity contribution in [3.05, 3.63) is 65.2 Å². The number of nitrogens with one attached hydrogen (secondary N) is 4. The Morgan fingerprint density at radius 1 is 1.00 bits per heavy atom. The quantitative estimate of drug-likeness (QED) is 0.305. The number of likely N-dealkylation sites (N-methyl/N-ethyl adjacent to an activating group) is 1. The van der Waals surface area contributed by atoms with Crippen LogP contribution in [0.4, 0.5) is 5.69 Å². The molecule has 0 bridgehead atoms. The molecule has 0 spiro atoms. The summed E-state index contributed by atoms with van der Waals surface area (Å²) >= 11 is 0. The minimum absolute atomic E-state index is 0.142. The van der Waals surface area contributed by atoms with Gasteiger partial charge in [0.2, 0.25) is 17.7 Å². The molecular weight excluding hydrogens is 532 g/mol. The molecule has 1 fully saturated rings. The summed E-state index contributed by atoms with van der Waals surface area (Å²) < 4.78 is 0. The Labute approximate surface area is 248 Å². The third kappa shape index (κ3) is 7.10. The number of aryl methyl sites for hydroxylation is 1. The molecule has 42 heavy (non-hydrogen) atoms. The molecule has 1 aliphatic carbocycles. The third-order valence-electron chi connectivity index (χ3n) is 8.31. The molecule has 226 valence electrons. The Kier molecular flexibility index (Phi) is 9.56. The van der Waals surface area contributed by atoms with Gasteiger partial charge in [-0.05, 0) is 80.5 Å². The molecule has 0 saturated carbocycles. The van der Waals surface area contributed by atoms with Gasteiger partial charge in [-0.25, -0.2) is 0 Å². The fraction of sp³-hybridized carbons (Fsp3) is 0.500. The second-order valence-electron chi connectivity index (χ2n) is 12.5. The van der Waals surface area contributed by atoms with Crippen LogP contribution in [-0.2, 0) is 20.8 Å². The second-order valence-corrected chi connectivity index (χ2v) is 12.5. The normalized spacial score (nSPS) is 21.5. The van der Waals surface area contributed by atoms with Crippen LogP contribution in [0.5, 0.6) is 0 Å². The molecule has 3 unspecified atom stereocenters. The molecule has 0 radical (unpaired) electrons. The van der Waals surface area contributed by atoms with Crippen LogP contribution in [0.1, 0.15) is 74.5 Å². The zero-order valence-electron chi connectivity index (χ0n) is 25.2. The summed E-state index contributed by atoms with van der Waals surface area (Å²) in [6.07, 6.45) is 2.98. The third-order valence-corrected chi connectivity index (χ3v) is 8.31. The molecule has 5 atom stereocenters. The smallest absolute Gasteiger partial charge is 0.251 e. The van der Waals surface area contributed by atoms with Gasteiger partial charge in [-0.1, -0.05) is 45.0 Å². The summed E-state index contributed by atoms with van der Waals surface area (Å²) in [6.45, 7) is 7.50. The number of hydrogen-bond donors (Lipinski definition) is 5. The highest BCUT2D eigenvalue weighted by molar-refractivity contribution is 5.96. The average Bonchev–Trinajstić information content (AvgIpc) is 3.38. The van der Waals surface area contributed by atoms with E-state index in [4.69, 9.17) is 5.73 Å². The topological polar surface area (TPSA) is 146 Å². The van der Waals surface area contributed by atoms with Crippen LogP contribution < -0.4 is 27.0 Å². The lowest BCUT2D eigenvalue weighted by molar-refractivity contribution is -0.144. The van der Waals surface area contributed by atoms with Crippen molar-refractivity contribution in [2.75, 3.05) is 19.3 Å². The van der Waals surface area contributed by atoms with Gasteiger partial charge < -0.3 is 31.9 Å². The molecule has 10 heteroatoms. The van der Waals surface area contributed by atoms with E-state index >= 15 is 0 Å². The zero-order chi connectivity index (χ0) is 30.6. The Bertz CT molecular complexity index is 1300. The first-order valence-electron chi connectivity index (χ1n) is 14.7. The number of rotatable bonds is 8. The van der Waals surface area contributed by atoms with Crippen LogP contribution in [0, 0.1) is 5.41 Å². The van der Waals surface area contributed by atoms with E-state index in [0.29, 0.717) is 11.3 Å². The van der Waals surface area contributed by atoms with E-state index in [9.17, 15) is 19.2 Å². The van der Waals surface area contributed by atoms with Gasteiger partial charge in [-0.3, -0.25) is 19.2 Å². The standard InChI is InChI=1S/C32H44N6O4/c1-19(34-5)28(39)37-27(32(2,3)4)31(42)38-18-23(35-29(40)21-13-15-22(33)16-14-21)17-26(38)30(41)36-25-12-8-10-20-9-6-7-11-24(20)25/h6-7,9,11,13-16,19,23,25-27,34H,8,10,12,17-18,33H2,1-5H3,(H,35,40)(H,36,41)(H,37,39)/t19-,23-,25?,26?,27?/m0/s1. The van der Waals surface area contributed by atoms with Gasteiger partial charge in [-0.2, -0.15) is 0 Å². The number of amides is 4. The highest BCUT2D eigenvalue weighted by Gasteiger charge is 2.46. The maximum Gasteiger partial charge on any atom is 0.251 e. The van der Waals surface area contributed by atoms with Crippen LogP contribution in [0.2, 0.25) is 0 Å². The first-order chi connectivity index (χ1) is 19.9. The molecular formula is C32H44N6O4. The van der Waals surface area contributed by atoms with Crippen LogP contribution in [0.15, 0.2) is 48.5 Å². The Morgan fingerprint density at radius 2 is 1.69 bits per heavy atom. The maximum atomic E-state index is 14.2. The first kappa shape index (κ1) is 31.0. The number of benzene rings is 2. The average molecular weight is 577 g/mol. The van der Waals surface area contributed by atoms with Gasteiger partial charge in [0.15, 0.2) is 0 Å². The summed E-state index contributed by atoms with van der Waals surface area (Å²) in [4.78, 5) is 55.5. The fourth-order valence-corrected chi connectivity index (χ4v) is 5.72. The summed E-state index contributed by atoms with van der Waals surface area (Å²) in [5.41, 5.74) is 8.45. The summed E-state index contributed by atoms with van der Waals surface area (Å²) in [7, 11) is 1.68. The molecule has 2 aromatic rings. The van der Waals surface area contributed by atoms with Gasteiger partial charge in [0, 0.05) is 23.8 Å². The van der Waals surface area contributed by atoms with Crippen molar-refractivity contribution >= 4 is 29.3 Å². The molecule has 10 nitrogen and oxygen atoms in total. The van der Waals surface area contributed by atoms with E-state index in [1.54, 1.807) is 38.2 Å². The molecule has 2 aliphatic rings. The van der Waals surface area contributed by atoms with Gasteiger partial charge in [0.05, 0.1) is 12.1 Å². The van der Waals surface area contributed by atoms with Gasteiger partial charge in [-0.15, -0.1) is 0 Å². The summed E-state index contributed by atoms with van der Waals surface area (Å²) in [6, 6.07) is 11.9. The Balaban J connectivity index is 1.59. The Morgan fingerprint density at radius 3 is 2.36 bits per heavy atom. The van der Waals surface area contributed by atoms with E-state index in [0.717, 1.165) is 24.8 Å². The molecule has 2 aromatic carbocycles. The molecule has 4 rings (SSSR count). The molecule has 4 amide bonds. The van der Waals surface area contributed by atoms with Crippen molar-refractivity contribution in [2.45, 2.75) is 83.6 Å². The molecule has 1 heterocycles. The number of nitrogens with two attached hydrogens (primary N) is 1. The van der Waals surface area contributed by atoms with E-state index in [2.05, 4.69) is 27.3 Å². The molecule has 1 saturated heterocycles. The molecule has 0 aromatic heterocycles. The second kappa shape index (κ2) is 12.9. The van der Waals surface area contributed by atoms with Crippen LogP contribution in [0.25, 0.3) is 0 Å². The summed E-state index contributed by atoms with van der Waals surface area (Å²) in [5.74, 6) is -1.24. The van der Waals surface area contributed by atoms with Crippen molar-refractivity contribution in [2.24, 2.45) is 5.41 Å². The van der Waals surface area contributed by atoms with Gasteiger partial charge in [0.25, 0.3) is 5.91 Å². The highest BCUT2D eigenvalue weighted by Crippen LogP contribution is 2.31. The van der Waals surface area contributed by atoms with Crippen molar-refractivity contribution < 1.29 is 19.2 Å². The van der Waals surface area contributed by atoms with E-state index in [1.807, 2.05) is 39.0 Å². The lowest BCUT2D eigenvalue weighted by atomic mass is 9.85. The van der Waals surface area contributed by atoms with Crippen molar-refractivity contribution in [3.8, 4) is 0 Å². The minimum atomic E-state index is -0.877. The van der Waals surface area contributed by atoms with Gasteiger partial charge >= 0.3 is 0 Å². The first-order valence-corrected chi connectivity index (χ1v) is 14.7. The van der Waals surface area contributed by atoms with Crippen LogP contribution >= 0.6 is 0 Å². The number of carbonyl (C=O) groups excluding carboxylic acids is 4. The number of carbonyl (C=O) groups is 4. The van der Waals surface area contributed by atoms with Crippen molar-refractivity contribution in [3.63, 3.8) is 0 Å². The largest absolute Gasteiger partial charge is 0.399 e. The lowest BCUT2D eigenvalue weighted by Crippen LogP contribution is -2.59. The monoisotopic (exact) mass is 576 g/mol. The van der Waals surface area contributed by atoms with E-state index < -0.39 is 29.6 Å². The van der Waals surface area contributed by atoms with Gasteiger partial charge in [0.1, 0.15) is 12.1 Å². The zero-order valence-corrected chi connectivity index (χ0v) is 25.2. The fourth-order valence-electron chi connectivity index (χ4n) is 5.72. The predicted octanol–water partition coefficient (Wildman–Crippen LogP) is 2.30. The lowest BCUT2D eigenvalue weighted by Gasteiger charge is -2.36. The number of nitrogens with zero attached hydrogens (tertiary/aromatic N) is 1. The SMILES string of the molecule is CN[C@@H](C)C(=O)NC(C(=O)N1C[C@@H](NC(=O)c2ccc(N)cc2)CC1C(=O)NC1CCCc2ccccc21)C(C)(C)C. The highest BCUT2D eigenvalue weighted by atomic mass is 16.2. The molecule has 6 N–H and O–H groups in total. The number of fused-ring (bicyclic) bond motifs is 1. The van der Waals surface area contributed by atoms with Crippen LogP contribution in [-0.4, -0.2) is 66.3 Å². The van der Waals surface area contributed by atoms with E-state index in [-0.39, 0.29) is 42.6 Å². The van der Waals surface area contributed by atoms with Crippen LogP contribution in [0.3, 0.4) is 0 Å². The van der Waals surface area contributed by atoms with Crippen molar-refractivity contribution in [1.29, 1.82) is 0 Å². The predicted molar refractivity (Wildman–Crippen MR) is 162 cm³/mol. The molecule has 1 aliphatic heterocycles. The van der Waals surface area contributed by atoms with Crippen molar-refractivity contribution in [1.82, 2.24) is 26.2 Å². The Hall–Kier alpha value is -3.92. The number of nitrogen functional groups attached to an aromatic ring is 1. The minimum Gasteiger partial charge on any atom is -0.399 e.